The summed E-state index contributed by atoms with van der Waals surface area (Å²) in [5, 5.41) is 4.90. The van der Waals surface area contributed by atoms with E-state index in [1.807, 2.05) is 61.9 Å². The summed E-state index contributed by atoms with van der Waals surface area (Å²) < 4.78 is 35.3. The van der Waals surface area contributed by atoms with Gasteiger partial charge in [-0.05, 0) is 74.0 Å². The first-order valence-corrected chi connectivity index (χ1v) is 14.7. The van der Waals surface area contributed by atoms with Crippen molar-refractivity contribution in [2.24, 2.45) is 0 Å². The molecule has 5 aromatic rings. The molecule has 184 valence electrons. The van der Waals surface area contributed by atoms with Crippen molar-refractivity contribution in [3.63, 3.8) is 0 Å². The molecular weight excluding hydrogens is 534 g/mol. The maximum absolute atomic E-state index is 14.1. The molecule has 3 heterocycles. The van der Waals surface area contributed by atoms with Gasteiger partial charge in [0.05, 0.1) is 21.0 Å². The van der Waals surface area contributed by atoms with E-state index in [1.54, 1.807) is 24.3 Å². The number of esters is 1. The molecule has 0 unspecified atom stereocenters. The Morgan fingerprint density at radius 3 is 2.31 bits per heavy atom. The lowest BCUT2D eigenvalue weighted by Gasteiger charge is -2.19. The second-order valence-electron chi connectivity index (χ2n) is 9.11. The maximum Gasteiger partial charge on any atom is 0.349 e. The van der Waals surface area contributed by atoms with Gasteiger partial charge in [0.2, 0.25) is 0 Å². The Morgan fingerprint density at radius 2 is 1.64 bits per heavy atom. The molecule has 0 saturated heterocycles. The largest absolute Gasteiger partial charge is 0.456 e. The van der Waals surface area contributed by atoms with Crippen LogP contribution in [0.15, 0.2) is 82.4 Å². The highest BCUT2D eigenvalue weighted by Gasteiger charge is 2.32. The van der Waals surface area contributed by atoms with Gasteiger partial charge in [-0.3, -0.25) is 0 Å². The van der Waals surface area contributed by atoms with E-state index in [4.69, 9.17) is 16.3 Å². The predicted octanol–water partition coefficient (Wildman–Crippen LogP) is 7.94. The average molecular weight is 556 g/mol. The summed E-state index contributed by atoms with van der Waals surface area (Å²) in [7, 11) is -4.02. The zero-order valence-electron chi connectivity index (χ0n) is 19.7. The van der Waals surface area contributed by atoms with E-state index < -0.39 is 21.6 Å². The maximum atomic E-state index is 14.1. The van der Waals surface area contributed by atoms with Gasteiger partial charge in [-0.2, -0.15) is 0 Å². The molecule has 36 heavy (non-hydrogen) atoms. The monoisotopic (exact) mass is 555 g/mol. The molecule has 9 heteroatoms. The van der Waals surface area contributed by atoms with Gasteiger partial charge in [0.1, 0.15) is 10.5 Å². The highest BCUT2D eigenvalue weighted by molar-refractivity contribution is 7.90. The molecular formula is C27H22ClNO4S3. The van der Waals surface area contributed by atoms with Crippen LogP contribution in [0.4, 0.5) is 0 Å². The minimum atomic E-state index is -4.02. The zero-order valence-corrected chi connectivity index (χ0v) is 22.9. The summed E-state index contributed by atoms with van der Waals surface area (Å²) in [6.07, 6.45) is 0. The number of ether oxygens (including phenoxy) is 1. The van der Waals surface area contributed by atoms with E-state index in [9.17, 15) is 13.2 Å². The van der Waals surface area contributed by atoms with Crippen LogP contribution in [0.25, 0.3) is 32.6 Å². The number of thiophene rings is 2. The Morgan fingerprint density at radius 1 is 0.917 bits per heavy atom. The predicted molar refractivity (Wildman–Crippen MR) is 148 cm³/mol. The van der Waals surface area contributed by atoms with Crippen molar-refractivity contribution in [1.29, 1.82) is 0 Å². The molecule has 0 amide bonds. The quantitative estimate of drug-likeness (QED) is 0.206. The third-order valence-electron chi connectivity index (χ3n) is 5.46. The van der Waals surface area contributed by atoms with E-state index >= 15 is 0 Å². The normalized spacial score (nSPS) is 12.2. The summed E-state index contributed by atoms with van der Waals surface area (Å²) in [6, 6.07) is 19.1. The molecule has 0 N–H and O–H groups in total. The van der Waals surface area contributed by atoms with Crippen LogP contribution in [-0.4, -0.2) is 24.0 Å². The topological polar surface area (TPSA) is 65.4 Å². The summed E-state index contributed by atoms with van der Waals surface area (Å²) in [6.45, 7) is 5.46. The number of carbonyl (C=O) groups is 1. The van der Waals surface area contributed by atoms with Crippen molar-refractivity contribution in [3.05, 3.63) is 87.4 Å². The van der Waals surface area contributed by atoms with Crippen LogP contribution in [0.2, 0.25) is 5.02 Å². The van der Waals surface area contributed by atoms with Crippen LogP contribution in [0.1, 0.15) is 30.4 Å². The van der Waals surface area contributed by atoms with Gasteiger partial charge in [-0.1, -0.05) is 35.9 Å². The van der Waals surface area contributed by atoms with E-state index in [1.165, 1.54) is 38.8 Å². The fourth-order valence-electron chi connectivity index (χ4n) is 4.07. The van der Waals surface area contributed by atoms with Gasteiger partial charge < -0.3 is 4.74 Å². The van der Waals surface area contributed by atoms with Crippen molar-refractivity contribution in [3.8, 4) is 21.7 Å². The zero-order chi connectivity index (χ0) is 25.7. The summed E-state index contributed by atoms with van der Waals surface area (Å²) >= 11 is 8.75. The molecule has 0 radical (unpaired) electrons. The molecule has 0 aliphatic carbocycles. The number of fused-ring (bicyclic) bond motifs is 1. The minimum Gasteiger partial charge on any atom is -0.456 e. The second kappa shape index (κ2) is 9.19. The number of carbonyl (C=O) groups excluding carboxylic acids is 1. The number of hydrogen-bond acceptors (Lipinski definition) is 6. The molecule has 0 fully saturated rings. The second-order valence-corrected chi connectivity index (χ2v) is 13.2. The lowest BCUT2D eigenvalue weighted by Crippen LogP contribution is -2.23. The van der Waals surface area contributed by atoms with Crippen molar-refractivity contribution >= 4 is 61.2 Å². The van der Waals surface area contributed by atoms with Gasteiger partial charge in [0.25, 0.3) is 10.0 Å². The van der Waals surface area contributed by atoms with Crippen LogP contribution in [0, 0.1) is 0 Å². The third-order valence-corrected chi connectivity index (χ3v) is 9.21. The van der Waals surface area contributed by atoms with Crippen molar-refractivity contribution in [1.82, 2.24) is 3.97 Å². The number of halogens is 1. The minimum absolute atomic E-state index is 0.120. The van der Waals surface area contributed by atoms with Gasteiger partial charge in [0, 0.05) is 21.5 Å². The van der Waals surface area contributed by atoms with Gasteiger partial charge >= 0.3 is 5.97 Å². The number of aromatic nitrogens is 1. The van der Waals surface area contributed by atoms with Crippen molar-refractivity contribution < 1.29 is 17.9 Å². The Bertz CT molecular complexity index is 1670. The van der Waals surface area contributed by atoms with E-state index in [2.05, 4.69) is 0 Å². The summed E-state index contributed by atoms with van der Waals surface area (Å²) in [5.41, 5.74) is 1.67. The smallest absolute Gasteiger partial charge is 0.349 e. The number of benzene rings is 2. The Kier molecular flexibility index (Phi) is 6.32. The van der Waals surface area contributed by atoms with E-state index in [-0.39, 0.29) is 4.90 Å². The van der Waals surface area contributed by atoms with Gasteiger partial charge in [-0.15, -0.1) is 22.7 Å². The SMILES string of the molecule is CC(C)(C)OC(=O)c1sccc1-c1c(-c2cccs2)n(S(=O)(=O)c2ccc(Cl)cc2)c2ccccc12. The number of nitrogens with zero attached hydrogens (tertiary/aromatic N) is 1. The highest BCUT2D eigenvalue weighted by Crippen LogP contribution is 2.46. The van der Waals surface area contributed by atoms with Crippen LogP contribution in [0.5, 0.6) is 0 Å². The number of para-hydroxylation sites is 1. The molecule has 2 aromatic carbocycles. The summed E-state index contributed by atoms with van der Waals surface area (Å²) in [4.78, 5) is 14.5. The molecule has 0 aliphatic rings. The first-order valence-electron chi connectivity index (χ1n) is 11.1. The number of hydrogen-bond donors (Lipinski definition) is 0. The fraction of sp³-hybridized carbons (Fsp3) is 0.148. The van der Waals surface area contributed by atoms with E-state index in [0.717, 1.165) is 10.3 Å². The van der Waals surface area contributed by atoms with Crippen LogP contribution < -0.4 is 0 Å². The molecule has 0 spiro atoms. The number of rotatable bonds is 5. The molecule has 5 rings (SSSR count). The van der Waals surface area contributed by atoms with Crippen LogP contribution >= 0.6 is 34.3 Å². The Hall–Kier alpha value is -2.91. The Balaban J connectivity index is 1.86. The molecule has 0 atom stereocenters. The van der Waals surface area contributed by atoms with E-state index in [0.29, 0.717) is 32.2 Å². The first-order chi connectivity index (χ1) is 17.1. The molecule has 5 nitrogen and oxygen atoms in total. The Labute approximate surface area is 222 Å². The lowest BCUT2D eigenvalue weighted by molar-refractivity contribution is 0.00760. The standard InChI is InChI=1S/C27H22ClNO4S3/c1-27(2,3)33-26(30)25-20(14-16-35-25)23-19-7-4-5-8-21(19)29(24(23)22-9-6-15-34-22)36(31,32)18-12-10-17(28)11-13-18/h4-16H,1-3H3. The first kappa shape index (κ1) is 24.8. The van der Waals surface area contributed by atoms with Gasteiger partial charge in [-0.25, -0.2) is 17.2 Å². The van der Waals surface area contributed by atoms with Crippen molar-refractivity contribution in [2.45, 2.75) is 31.3 Å². The lowest BCUT2D eigenvalue weighted by atomic mass is 10.0. The van der Waals surface area contributed by atoms with Crippen LogP contribution in [0.3, 0.4) is 0 Å². The molecule has 0 aliphatic heterocycles. The molecule has 3 aromatic heterocycles. The highest BCUT2D eigenvalue weighted by atomic mass is 35.5. The average Bonchev–Trinajstić information content (AvgIpc) is 3.55. The van der Waals surface area contributed by atoms with Crippen LogP contribution in [-0.2, 0) is 14.8 Å². The summed E-state index contributed by atoms with van der Waals surface area (Å²) in [5.74, 6) is -0.443. The fourth-order valence-corrected chi connectivity index (χ4v) is 7.33. The third kappa shape index (κ3) is 4.39. The molecule has 0 bridgehead atoms. The van der Waals surface area contributed by atoms with Gasteiger partial charge in [0.15, 0.2) is 0 Å². The van der Waals surface area contributed by atoms with Crippen molar-refractivity contribution in [2.75, 3.05) is 0 Å². The molecule has 0 saturated carbocycles.